The normalized spacial score (nSPS) is 12.2. The molecule has 0 bridgehead atoms. The summed E-state index contributed by atoms with van der Waals surface area (Å²) in [5.41, 5.74) is 6.81. The van der Waals surface area contributed by atoms with Crippen molar-refractivity contribution in [1.82, 2.24) is 4.98 Å². The van der Waals surface area contributed by atoms with Gasteiger partial charge in [0.25, 0.3) is 0 Å². The van der Waals surface area contributed by atoms with Gasteiger partial charge in [-0.1, -0.05) is 29.8 Å². The molecule has 1 unspecified atom stereocenters. The summed E-state index contributed by atoms with van der Waals surface area (Å²) < 4.78 is 13.6. The lowest BCUT2D eigenvalue weighted by Crippen LogP contribution is -2.11. The minimum atomic E-state index is -0.266. The highest BCUT2D eigenvalue weighted by atomic mass is 35.5. The zero-order valence-corrected chi connectivity index (χ0v) is 10.6. The quantitative estimate of drug-likeness (QED) is 0.833. The average molecular weight is 266 g/mol. The van der Waals surface area contributed by atoms with Crippen molar-refractivity contribution in [1.29, 1.82) is 0 Å². The Morgan fingerprint density at radius 1 is 1.28 bits per heavy atom. The van der Waals surface area contributed by atoms with E-state index in [0.29, 0.717) is 22.2 Å². The van der Waals surface area contributed by atoms with Crippen molar-refractivity contribution in [2.75, 3.05) is 11.1 Å². The van der Waals surface area contributed by atoms with E-state index in [9.17, 15) is 4.39 Å². The van der Waals surface area contributed by atoms with E-state index >= 15 is 0 Å². The lowest BCUT2D eigenvalue weighted by molar-refractivity contribution is 0.600. The number of rotatable bonds is 3. The SMILES string of the molecule is CC(Nc1nc(Cl)ccc1N)c1ccccc1F. The molecule has 1 aromatic carbocycles. The highest BCUT2D eigenvalue weighted by Gasteiger charge is 2.12. The van der Waals surface area contributed by atoms with Gasteiger partial charge in [0.2, 0.25) is 0 Å². The van der Waals surface area contributed by atoms with E-state index in [-0.39, 0.29) is 11.9 Å². The Bertz CT molecular complexity index is 560. The monoisotopic (exact) mass is 265 g/mol. The van der Waals surface area contributed by atoms with Gasteiger partial charge in [0, 0.05) is 5.56 Å². The van der Waals surface area contributed by atoms with Gasteiger partial charge >= 0.3 is 0 Å². The fourth-order valence-electron chi connectivity index (χ4n) is 1.67. The number of aromatic nitrogens is 1. The molecule has 0 radical (unpaired) electrons. The highest BCUT2D eigenvalue weighted by molar-refractivity contribution is 6.29. The Hall–Kier alpha value is -1.81. The van der Waals surface area contributed by atoms with Crippen molar-refractivity contribution in [3.63, 3.8) is 0 Å². The van der Waals surface area contributed by atoms with Crippen molar-refractivity contribution in [2.24, 2.45) is 0 Å². The topological polar surface area (TPSA) is 50.9 Å². The fraction of sp³-hybridized carbons (Fsp3) is 0.154. The molecule has 1 heterocycles. The van der Waals surface area contributed by atoms with Crippen molar-refractivity contribution >= 4 is 23.1 Å². The molecular formula is C13H13ClFN3. The summed E-state index contributed by atoms with van der Waals surface area (Å²) in [5, 5.41) is 3.39. The first-order valence-electron chi connectivity index (χ1n) is 5.51. The number of nitrogens with one attached hydrogen (secondary N) is 1. The van der Waals surface area contributed by atoms with Crippen LogP contribution in [0.1, 0.15) is 18.5 Å². The Morgan fingerprint density at radius 2 is 2.00 bits per heavy atom. The molecule has 18 heavy (non-hydrogen) atoms. The third kappa shape index (κ3) is 2.71. The van der Waals surface area contributed by atoms with E-state index in [4.69, 9.17) is 17.3 Å². The van der Waals surface area contributed by atoms with Gasteiger partial charge in [0.05, 0.1) is 11.7 Å². The van der Waals surface area contributed by atoms with Crippen LogP contribution in [-0.2, 0) is 0 Å². The van der Waals surface area contributed by atoms with Gasteiger partial charge in [0.15, 0.2) is 5.82 Å². The van der Waals surface area contributed by atoms with Gasteiger partial charge in [0.1, 0.15) is 11.0 Å². The van der Waals surface area contributed by atoms with Crippen LogP contribution in [0.4, 0.5) is 15.9 Å². The zero-order chi connectivity index (χ0) is 13.1. The van der Waals surface area contributed by atoms with Crippen LogP contribution in [-0.4, -0.2) is 4.98 Å². The molecule has 94 valence electrons. The number of nitrogens with zero attached hydrogens (tertiary/aromatic N) is 1. The summed E-state index contributed by atoms with van der Waals surface area (Å²) in [7, 11) is 0. The van der Waals surface area contributed by atoms with E-state index < -0.39 is 0 Å². The molecule has 0 spiro atoms. The molecule has 0 saturated heterocycles. The largest absolute Gasteiger partial charge is 0.396 e. The van der Waals surface area contributed by atoms with Gasteiger partial charge in [-0.05, 0) is 25.1 Å². The summed E-state index contributed by atoms with van der Waals surface area (Å²) in [6, 6.07) is 9.58. The van der Waals surface area contributed by atoms with E-state index in [1.165, 1.54) is 6.07 Å². The predicted molar refractivity (Wildman–Crippen MR) is 72.1 cm³/mol. The molecule has 0 aliphatic carbocycles. The van der Waals surface area contributed by atoms with Gasteiger partial charge in [-0.3, -0.25) is 0 Å². The number of hydrogen-bond acceptors (Lipinski definition) is 3. The van der Waals surface area contributed by atoms with Crippen molar-refractivity contribution in [3.05, 3.63) is 52.9 Å². The van der Waals surface area contributed by atoms with Crippen LogP contribution in [0.2, 0.25) is 5.15 Å². The van der Waals surface area contributed by atoms with Crippen LogP contribution >= 0.6 is 11.6 Å². The number of nitrogen functional groups attached to an aromatic ring is 1. The van der Waals surface area contributed by atoms with Crippen LogP contribution in [0.15, 0.2) is 36.4 Å². The Balaban J connectivity index is 2.24. The van der Waals surface area contributed by atoms with Gasteiger partial charge in [-0.15, -0.1) is 0 Å². The summed E-state index contributed by atoms with van der Waals surface area (Å²) in [5.74, 6) is 0.191. The number of pyridine rings is 1. The summed E-state index contributed by atoms with van der Waals surface area (Å²) in [6.07, 6.45) is 0. The number of hydrogen-bond donors (Lipinski definition) is 2. The second kappa shape index (κ2) is 5.23. The molecule has 3 nitrogen and oxygen atoms in total. The molecule has 0 aliphatic rings. The highest BCUT2D eigenvalue weighted by Crippen LogP contribution is 2.25. The van der Waals surface area contributed by atoms with Crippen LogP contribution in [0.5, 0.6) is 0 Å². The van der Waals surface area contributed by atoms with Gasteiger partial charge < -0.3 is 11.1 Å². The summed E-state index contributed by atoms with van der Waals surface area (Å²) in [6.45, 7) is 1.83. The van der Waals surface area contributed by atoms with E-state index in [1.807, 2.05) is 6.92 Å². The smallest absolute Gasteiger partial charge is 0.151 e. The minimum absolute atomic E-state index is 0.250. The third-order valence-electron chi connectivity index (χ3n) is 2.62. The lowest BCUT2D eigenvalue weighted by Gasteiger charge is -2.16. The molecule has 1 atom stereocenters. The summed E-state index contributed by atoms with van der Waals surface area (Å²) in [4.78, 5) is 4.07. The minimum Gasteiger partial charge on any atom is -0.396 e. The van der Waals surface area contributed by atoms with E-state index in [0.717, 1.165) is 0 Å². The standard InChI is InChI=1S/C13H13ClFN3/c1-8(9-4-2-3-5-10(9)15)17-13-11(16)6-7-12(14)18-13/h2-8H,16H2,1H3,(H,17,18). The molecule has 3 N–H and O–H groups in total. The number of halogens is 2. The first-order valence-corrected chi connectivity index (χ1v) is 5.88. The maximum Gasteiger partial charge on any atom is 0.151 e. The third-order valence-corrected chi connectivity index (χ3v) is 2.83. The second-order valence-electron chi connectivity index (χ2n) is 3.96. The molecule has 5 heteroatoms. The molecule has 0 amide bonds. The maximum atomic E-state index is 13.6. The van der Waals surface area contributed by atoms with Crippen LogP contribution in [0, 0.1) is 5.82 Å². The van der Waals surface area contributed by atoms with Crippen molar-refractivity contribution in [2.45, 2.75) is 13.0 Å². The van der Waals surface area contributed by atoms with Crippen LogP contribution < -0.4 is 11.1 Å². The molecule has 0 saturated carbocycles. The number of nitrogens with two attached hydrogens (primary N) is 1. The van der Waals surface area contributed by atoms with E-state index in [1.54, 1.807) is 30.3 Å². The predicted octanol–water partition coefficient (Wildman–Crippen LogP) is 3.63. The first-order chi connectivity index (χ1) is 8.58. The van der Waals surface area contributed by atoms with Crippen molar-refractivity contribution in [3.8, 4) is 0 Å². The number of anilines is 2. The lowest BCUT2D eigenvalue weighted by atomic mass is 10.1. The summed E-state index contributed by atoms with van der Waals surface area (Å²) >= 11 is 5.80. The Labute approximate surface area is 110 Å². The van der Waals surface area contributed by atoms with Gasteiger partial charge in [-0.25, -0.2) is 9.37 Å². The first kappa shape index (κ1) is 12.6. The fourth-order valence-corrected chi connectivity index (χ4v) is 1.82. The van der Waals surface area contributed by atoms with Crippen LogP contribution in [0.3, 0.4) is 0 Å². The zero-order valence-electron chi connectivity index (χ0n) is 9.82. The van der Waals surface area contributed by atoms with Gasteiger partial charge in [-0.2, -0.15) is 0 Å². The average Bonchev–Trinajstić information content (AvgIpc) is 2.34. The molecule has 2 aromatic rings. The van der Waals surface area contributed by atoms with Crippen LogP contribution in [0.25, 0.3) is 0 Å². The molecular weight excluding hydrogens is 253 g/mol. The second-order valence-corrected chi connectivity index (χ2v) is 4.35. The Kier molecular flexibility index (Phi) is 3.67. The van der Waals surface area contributed by atoms with Crippen molar-refractivity contribution < 1.29 is 4.39 Å². The van der Waals surface area contributed by atoms with E-state index in [2.05, 4.69) is 10.3 Å². The number of benzene rings is 1. The molecule has 2 rings (SSSR count). The maximum absolute atomic E-state index is 13.6. The molecule has 0 fully saturated rings. The Morgan fingerprint density at radius 3 is 2.72 bits per heavy atom. The molecule has 1 aromatic heterocycles. The molecule has 0 aliphatic heterocycles.